The first kappa shape index (κ1) is 42.5. The predicted molar refractivity (Wildman–Crippen MR) is 198 cm³/mol. The molecule has 0 aromatic carbocycles. The van der Waals surface area contributed by atoms with E-state index in [1.54, 1.807) is 27.7 Å². The van der Waals surface area contributed by atoms with Gasteiger partial charge in [-0.1, -0.05) is 84.6 Å². The lowest BCUT2D eigenvalue weighted by Crippen LogP contribution is -2.68. The van der Waals surface area contributed by atoms with Crippen molar-refractivity contribution in [2.24, 2.45) is 51.8 Å². The van der Waals surface area contributed by atoms with Crippen molar-refractivity contribution in [1.29, 1.82) is 0 Å². The summed E-state index contributed by atoms with van der Waals surface area (Å²) in [6, 6.07) is 0. The zero-order valence-electron chi connectivity index (χ0n) is 33.6. The van der Waals surface area contributed by atoms with Crippen LogP contribution in [0.15, 0.2) is 23.3 Å². The molecule has 10 nitrogen and oxygen atoms in total. The van der Waals surface area contributed by atoms with Gasteiger partial charge in [0, 0.05) is 17.8 Å². The normalized spacial score (nSPS) is 38.2. The van der Waals surface area contributed by atoms with Crippen LogP contribution in [0.5, 0.6) is 0 Å². The number of hydrogen-bond acceptors (Lipinski definition) is 9. The first-order valence-electron chi connectivity index (χ1n) is 19.7. The van der Waals surface area contributed by atoms with E-state index in [1.807, 2.05) is 20.8 Å². The topological polar surface area (TPSA) is 160 Å². The van der Waals surface area contributed by atoms with Gasteiger partial charge in [0.2, 0.25) is 0 Å². The summed E-state index contributed by atoms with van der Waals surface area (Å²) in [6.07, 6.45) is 3.47. The minimum atomic E-state index is -1.35. The molecule has 0 radical (unpaired) electrons. The van der Waals surface area contributed by atoms with Gasteiger partial charge in [0.25, 0.3) is 0 Å². The molecule has 1 heterocycles. The lowest BCUT2D eigenvalue weighted by atomic mass is 9.39. The SMILES string of the molecule is CC[C@@H](C)[C@@H](O)C(=O)O[C@@H]1C[C@]2(C)C(=CC[C@H]2[C@H]2CO[C@H](C=C(C)C)C2)[C@]2(C)[C@H](OC(=O)[C@H](O)[C@H](C)CC)CC(C(C)(C)O)[C@](C)(CCC(=O)O)[C@@H]12. The van der Waals surface area contributed by atoms with Crippen LogP contribution in [0.1, 0.15) is 128 Å². The van der Waals surface area contributed by atoms with Crippen molar-refractivity contribution < 1.29 is 49.0 Å². The lowest BCUT2D eigenvalue weighted by Gasteiger charge is -2.67. The van der Waals surface area contributed by atoms with Crippen molar-refractivity contribution in [3.63, 3.8) is 0 Å². The summed E-state index contributed by atoms with van der Waals surface area (Å²) < 4.78 is 19.2. The monoisotopic (exact) mass is 732 g/mol. The summed E-state index contributed by atoms with van der Waals surface area (Å²) in [5.74, 6) is -3.98. The minimum absolute atomic E-state index is 0.00570. The number of fused-ring (bicyclic) bond motifs is 3. The molecule has 14 atom stereocenters. The Morgan fingerprint density at radius 3 is 2.10 bits per heavy atom. The van der Waals surface area contributed by atoms with E-state index in [2.05, 4.69) is 39.8 Å². The maximum atomic E-state index is 13.9. The van der Waals surface area contributed by atoms with Crippen LogP contribution in [0.3, 0.4) is 0 Å². The summed E-state index contributed by atoms with van der Waals surface area (Å²) >= 11 is 0. The number of aliphatic hydroxyl groups is 3. The van der Waals surface area contributed by atoms with Crippen LogP contribution in [-0.4, -0.2) is 81.1 Å². The van der Waals surface area contributed by atoms with Crippen molar-refractivity contribution >= 4 is 17.9 Å². The average molecular weight is 733 g/mol. The molecule has 0 aromatic rings. The first-order chi connectivity index (χ1) is 24.1. The van der Waals surface area contributed by atoms with E-state index in [1.165, 1.54) is 5.57 Å². The highest BCUT2D eigenvalue weighted by atomic mass is 16.6. The lowest BCUT2D eigenvalue weighted by molar-refractivity contribution is -0.242. The summed E-state index contributed by atoms with van der Waals surface area (Å²) in [5.41, 5.74) is -1.49. The van der Waals surface area contributed by atoms with Gasteiger partial charge in [-0.2, -0.15) is 0 Å². The molecule has 0 bridgehead atoms. The minimum Gasteiger partial charge on any atom is -0.481 e. The van der Waals surface area contributed by atoms with E-state index < -0.39 is 76.0 Å². The molecule has 1 aliphatic heterocycles. The van der Waals surface area contributed by atoms with Gasteiger partial charge in [0.15, 0.2) is 12.2 Å². The Hall–Kier alpha value is -2.27. The fourth-order valence-corrected chi connectivity index (χ4v) is 11.1. The molecule has 0 spiro atoms. The van der Waals surface area contributed by atoms with Crippen LogP contribution in [0.25, 0.3) is 0 Å². The van der Waals surface area contributed by atoms with Crippen molar-refractivity contribution in [1.82, 2.24) is 0 Å². The van der Waals surface area contributed by atoms with Crippen LogP contribution >= 0.6 is 0 Å². The van der Waals surface area contributed by atoms with Gasteiger partial charge < -0.3 is 34.6 Å². The van der Waals surface area contributed by atoms with Gasteiger partial charge in [0.05, 0.1) is 18.3 Å². The average Bonchev–Trinajstić information content (AvgIpc) is 3.65. The molecule has 2 saturated carbocycles. The van der Waals surface area contributed by atoms with Gasteiger partial charge in [0.1, 0.15) is 12.2 Å². The molecule has 1 saturated heterocycles. The Morgan fingerprint density at radius 2 is 1.58 bits per heavy atom. The van der Waals surface area contributed by atoms with Crippen LogP contribution in [0, 0.1) is 51.8 Å². The van der Waals surface area contributed by atoms with E-state index in [0.717, 1.165) is 18.4 Å². The van der Waals surface area contributed by atoms with Crippen molar-refractivity contribution in [2.75, 3.05) is 6.61 Å². The maximum absolute atomic E-state index is 13.9. The van der Waals surface area contributed by atoms with E-state index in [4.69, 9.17) is 14.2 Å². The molecule has 4 N–H and O–H groups in total. The predicted octanol–water partition coefficient (Wildman–Crippen LogP) is 6.64. The second-order valence-electron chi connectivity index (χ2n) is 18.4. The van der Waals surface area contributed by atoms with Gasteiger partial charge in [-0.25, -0.2) is 9.59 Å². The number of ether oxygens (including phenoxy) is 3. The standard InChI is InChI=1S/C42H68O10/c1-12-24(5)34(45)37(47)51-29-21-41(10)28(26-19-27(50-22-26)18-23(3)4)14-15-30(41)42(11)32(52-38(48)35(46)25(6)13-2)20-31(39(7,8)49)40(9,36(29)42)17-16-33(43)44/h15,18,24-29,31-32,34-36,45-46,49H,12-14,16-17,19-22H2,1-11H3,(H,43,44)/t24-,25-,26-,27-,28+,29-,31?,32-,34-,35-,36-,40+,41+,42-/m1/s1. The summed E-state index contributed by atoms with van der Waals surface area (Å²) in [6.45, 7) is 21.8. The third-order valence-electron chi connectivity index (χ3n) is 14.1. The zero-order valence-corrected chi connectivity index (χ0v) is 33.6. The molecule has 0 amide bonds. The number of carboxylic acid groups (broad SMARTS) is 1. The largest absolute Gasteiger partial charge is 0.481 e. The molecule has 52 heavy (non-hydrogen) atoms. The van der Waals surface area contributed by atoms with Gasteiger partial charge in [-0.3, -0.25) is 4.79 Å². The molecule has 4 aliphatic rings. The Balaban J connectivity index is 1.94. The number of esters is 2. The van der Waals surface area contributed by atoms with E-state index >= 15 is 0 Å². The molecule has 3 fully saturated rings. The number of rotatable bonds is 14. The number of aliphatic carboxylic acids is 1. The van der Waals surface area contributed by atoms with Crippen molar-refractivity contribution in [3.8, 4) is 0 Å². The highest BCUT2D eigenvalue weighted by Crippen LogP contribution is 2.72. The maximum Gasteiger partial charge on any atom is 0.335 e. The molecule has 0 aromatic heterocycles. The Bertz CT molecular complexity index is 1380. The summed E-state index contributed by atoms with van der Waals surface area (Å²) in [5, 5.41) is 44.1. The number of aliphatic hydroxyl groups excluding tert-OH is 2. The van der Waals surface area contributed by atoms with Gasteiger partial charge >= 0.3 is 17.9 Å². The number of hydrogen-bond donors (Lipinski definition) is 4. The number of carbonyl (C=O) groups excluding carboxylic acids is 2. The molecule has 4 rings (SSSR count). The highest BCUT2D eigenvalue weighted by Gasteiger charge is 2.71. The van der Waals surface area contributed by atoms with E-state index in [-0.39, 0.29) is 49.0 Å². The van der Waals surface area contributed by atoms with Gasteiger partial charge in [-0.05, 0) is 100 Å². The van der Waals surface area contributed by atoms with Gasteiger partial charge in [-0.15, -0.1) is 0 Å². The second kappa shape index (κ2) is 15.8. The van der Waals surface area contributed by atoms with Crippen LogP contribution in [0.4, 0.5) is 0 Å². The fraction of sp³-hybridized carbons (Fsp3) is 0.833. The smallest absolute Gasteiger partial charge is 0.335 e. The Kier molecular flexibility index (Phi) is 12.9. The molecule has 296 valence electrons. The number of carbonyl (C=O) groups is 3. The van der Waals surface area contributed by atoms with Crippen molar-refractivity contribution in [2.45, 2.75) is 164 Å². The highest BCUT2D eigenvalue weighted by molar-refractivity contribution is 5.75. The third-order valence-corrected chi connectivity index (χ3v) is 14.1. The zero-order chi connectivity index (χ0) is 39.1. The Morgan fingerprint density at radius 1 is 1.00 bits per heavy atom. The summed E-state index contributed by atoms with van der Waals surface area (Å²) in [7, 11) is 0. The molecular weight excluding hydrogens is 664 g/mol. The van der Waals surface area contributed by atoms with Crippen LogP contribution < -0.4 is 0 Å². The van der Waals surface area contributed by atoms with Crippen LogP contribution in [-0.2, 0) is 28.6 Å². The van der Waals surface area contributed by atoms with Crippen LogP contribution in [0.2, 0.25) is 0 Å². The second-order valence-corrected chi connectivity index (χ2v) is 18.4. The third kappa shape index (κ3) is 7.92. The number of allylic oxidation sites excluding steroid dienone is 2. The van der Waals surface area contributed by atoms with Crippen molar-refractivity contribution in [3.05, 3.63) is 23.3 Å². The van der Waals surface area contributed by atoms with E-state index in [0.29, 0.717) is 25.9 Å². The quantitative estimate of drug-likeness (QED) is 0.113. The Labute approximate surface area is 311 Å². The molecular formula is C42H68O10. The first-order valence-corrected chi connectivity index (χ1v) is 19.7. The molecule has 3 aliphatic carbocycles. The molecule has 10 heteroatoms. The summed E-state index contributed by atoms with van der Waals surface area (Å²) in [4.78, 5) is 39.9. The number of carboxylic acids is 1. The fourth-order valence-electron chi connectivity index (χ4n) is 11.1. The van der Waals surface area contributed by atoms with E-state index in [9.17, 15) is 34.8 Å². The molecule has 1 unspecified atom stereocenters.